The number of hydrogen-bond donors (Lipinski definition) is 6. The third-order valence-electron chi connectivity index (χ3n) is 20.7. The minimum atomic E-state index is -1.65. The number of carbonyl (C=O) groups excluding carboxylic acids is 5. The van der Waals surface area contributed by atoms with Gasteiger partial charge >= 0.3 is 53.2 Å². The maximum atomic E-state index is 13.4. The van der Waals surface area contributed by atoms with E-state index in [1.165, 1.54) is 131 Å². The van der Waals surface area contributed by atoms with Crippen LogP contribution in [0.4, 0.5) is 11.4 Å². The normalized spacial score (nSPS) is 20.7. The molecule has 5 saturated heterocycles. The van der Waals surface area contributed by atoms with Gasteiger partial charge in [0.05, 0.1) is 78.7 Å². The summed E-state index contributed by atoms with van der Waals surface area (Å²) in [6.45, 7) is 16.1. The van der Waals surface area contributed by atoms with E-state index in [9.17, 15) is 28.8 Å². The number of carboxylic acids is 1. The number of anilines is 2. The van der Waals surface area contributed by atoms with E-state index in [1.807, 2.05) is 17.4 Å². The fraction of sp³-hybridized carbons (Fsp3) is 0.493. The van der Waals surface area contributed by atoms with Crippen LogP contribution < -0.4 is 66.4 Å². The van der Waals surface area contributed by atoms with Crippen molar-refractivity contribution in [1.82, 2.24) is 64.2 Å². The van der Waals surface area contributed by atoms with Gasteiger partial charge in [0.2, 0.25) is 11.8 Å². The molecule has 6 aliphatic heterocycles. The molecule has 3 aromatic carbocycles. The Kier molecular flexibility index (Phi) is 27.8. The monoisotopic (exact) mass is 1430 g/mol. The van der Waals surface area contributed by atoms with Crippen LogP contribution in [0, 0.1) is 17.8 Å². The van der Waals surface area contributed by atoms with Crippen molar-refractivity contribution in [1.29, 1.82) is 0 Å². The third kappa shape index (κ3) is 20.0. The van der Waals surface area contributed by atoms with Gasteiger partial charge in [-0.25, -0.2) is 14.8 Å². The number of rotatable bonds is 12. The van der Waals surface area contributed by atoms with E-state index in [4.69, 9.17) is 46.3 Å². The maximum absolute atomic E-state index is 13.4. The zero-order valence-electron chi connectivity index (χ0n) is 62.5. The van der Waals surface area contributed by atoms with Crippen molar-refractivity contribution >= 4 is 93.7 Å². The van der Waals surface area contributed by atoms with Gasteiger partial charge in [-0.1, -0.05) is 39.0 Å². The van der Waals surface area contributed by atoms with E-state index >= 15 is 0 Å². The van der Waals surface area contributed by atoms with E-state index in [2.05, 4.69) is 152 Å². The van der Waals surface area contributed by atoms with Crippen molar-refractivity contribution in [2.24, 2.45) is 34.2 Å². The molecule has 0 saturated carbocycles. The molecule has 0 unspecified atom stereocenters. The second kappa shape index (κ2) is 36.4. The number of hydrogen-bond acceptors (Lipinski definition) is 18. The minimum absolute atomic E-state index is 0. The number of nitrogens with one attached hydrogen (secondary N) is 3. The Morgan fingerprint density at radius 1 is 0.558 bits per heavy atom. The predicted octanol–water partition coefficient (Wildman–Crippen LogP) is 5.58. The van der Waals surface area contributed by atoms with Crippen LogP contribution in [0.25, 0.3) is 32.7 Å². The fourth-order valence-corrected chi connectivity index (χ4v) is 14.4. The second-order valence-corrected chi connectivity index (χ2v) is 28.6. The van der Waals surface area contributed by atoms with E-state index in [0.29, 0.717) is 30.7 Å². The van der Waals surface area contributed by atoms with Crippen LogP contribution in [0.15, 0.2) is 103 Å². The summed E-state index contributed by atoms with van der Waals surface area (Å²) in [6, 6.07) is 23.9. The van der Waals surface area contributed by atoms with Gasteiger partial charge in [-0.05, 0) is 227 Å². The molecule has 14 rings (SSSR count). The van der Waals surface area contributed by atoms with Gasteiger partial charge in [0.1, 0.15) is 11.1 Å². The molecule has 0 aliphatic carbocycles. The molecule has 104 heavy (non-hydrogen) atoms. The Labute approximate surface area is 632 Å². The van der Waals surface area contributed by atoms with Crippen molar-refractivity contribution in [2.45, 2.75) is 128 Å². The number of ether oxygens (including phenoxy) is 2. The topological polar surface area (TPSA) is 334 Å². The van der Waals surface area contributed by atoms with Crippen molar-refractivity contribution in [3.63, 3.8) is 0 Å². The van der Waals surface area contributed by atoms with Crippen molar-refractivity contribution < 1.29 is 74.3 Å². The number of primary amides is 2. The maximum Gasteiger partial charge on any atom is 1.00 e. The van der Waals surface area contributed by atoms with Crippen molar-refractivity contribution in [2.75, 3.05) is 105 Å². The molecule has 5 atom stereocenters. The number of aromatic nitrogens is 8. The van der Waals surface area contributed by atoms with Gasteiger partial charge in [-0.2, -0.15) is 15.3 Å². The van der Waals surface area contributed by atoms with Crippen LogP contribution in [0.3, 0.4) is 0 Å². The molecule has 0 spiro atoms. The van der Waals surface area contributed by atoms with E-state index in [0.717, 1.165) is 104 Å². The summed E-state index contributed by atoms with van der Waals surface area (Å²) in [5, 5.41) is 34.7. The molecule has 5 amide bonds. The summed E-state index contributed by atoms with van der Waals surface area (Å²) < 4.78 is 16.3. The number of piperidine rings is 5. The second-order valence-electron chi connectivity index (χ2n) is 28.6. The Bertz CT molecular complexity index is 4330. The number of carbonyl (C=O) groups is 6. The molecular formula is C75H99BN18NaO9. The number of benzene rings is 3. The standard InChI is InChI=1S/C28H35N7O4.C19H28N4.C19H26N4.C9H9N3O5.B.Na.H/c1-17-4-7-24(18-5-6-23-19(12-18)16-35(32-23)21-8-10-33(2)11-9-21)34(15-17)28(38)26(37)31-20-13-22(25(29)36)27(39-3)30-14-20;2*1-14-3-5-18(20-12-14)15-4-6-19-16(11-15)13-23(21-19)17-7-9-22(2)10-8-17;1-17-8-5(6(10)13)2-4(3-11-8)12-7(14)9(15)16;;;/h5-6,12-14,16-17,21,24H,4,7-11,15H2,1-3H3,(H2,29,36)(H,31,37);4,6,11,13-14,17-18,20H,3,5,7-10,12H2,1-2H3;4,6,11,13-14,17H,3,5,7-10,12H2,1-2H3;2-3H,1H3,(H2,10,13)(H,12,14)(H,15,16);;;/q;;;;;+1;-1/t17-,24+;14-,18+;14-;;;;/m000..../s1. The smallest absolute Gasteiger partial charge is 1.00 e. The number of amides is 5. The van der Waals surface area contributed by atoms with Crippen LogP contribution in [0.1, 0.15) is 167 Å². The number of aliphatic carboxylic acids is 1. The molecule has 11 heterocycles. The number of nitrogens with zero attached hydrogens (tertiary/aromatic N) is 13. The van der Waals surface area contributed by atoms with Crippen LogP contribution in [0.5, 0.6) is 11.8 Å². The summed E-state index contributed by atoms with van der Waals surface area (Å²) in [6.07, 6.45) is 22.7. The Morgan fingerprint density at radius 2 is 1.01 bits per heavy atom. The third-order valence-corrected chi connectivity index (χ3v) is 20.7. The number of carboxylic acid groups (broad SMARTS) is 1. The number of aliphatic imine (C=N–C) groups is 1. The van der Waals surface area contributed by atoms with Crippen LogP contribution >= 0.6 is 0 Å². The molecule has 547 valence electrons. The van der Waals surface area contributed by atoms with Gasteiger partial charge < -0.3 is 63.0 Å². The summed E-state index contributed by atoms with van der Waals surface area (Å²) in [5.74, 6) is -4.04. The average molecular weight is 1430 g/mol. The van der Waals surface area contributed by atoms with Crippen molar-refractivity contribution in [3.8, 4) is 11.8 Å². The first kappa shape index (κ1) is 79.5. The average Bonchev–Trinajstić information content (AvgIpc) is 1.77. The fourth-order valence-electron chi connectivity index (χ4n) is 14.4. The largest absolute Gasteiger partial charge is 1.00 e. The first-order valence-corrected chi connectivity index (χ1v) is 35.7. The summed E-state index contributed by atoms with van der Waals surface area (Å²) in [5.41, 5.74) is 18.8. The molecule has 8 aromatic rings. The van der Waals surface area contributed by atoms with Crippen molar-refractivity contribution in [3.05, 3.63) is 126 Å². The molecule has 27 nitrogen and oxygen atoms in total. The Balaban J connectivity index is 0.000000184. The first-order valence-electron chi connectivity index (χ1n) is 35.7. The Morgan fingerprint density at radius 3 is 1.45 bits per heavy atom. The van der Waals surface area contributed by atoms with Gasteiger partial charge in [-0.15, -0.1) is 0 Å². The van der Waals surface area contributed by atoms with Gasteiger partial charge in [0.15, 0.2) is 0 Å². The van der Waals surface area contributed by atoms with Gasteiger partial charge in [-0.3, -0.25) is 43.0 Å². The molecule has 3 radical (unpaired) electrons. The molecule has 8 N–H and O–H groups in total. The molecule has 0 bridgehead atoms. The quantitative estimate of drug-likeness (QED) is 0.0642. The van der Waals surface area contributed by atoms with E-state index in [-0.39, 0.29) is 85.6 Å². The summed E-state index contributed by atoms with van der Waals surface area (Å²) >= 11 is 0. The number of pyridine rings is 2. The van der Waals surface area contributed by atoms with E-state index < -0.39 is 35.5 Å². The van der Waals surface area contributed by atoms with E-state index in [1.54, 1.807) is 4.90 Å². The number of methoxy groups -OCH3 is 2. The first-order chi connectivity index (χ1) is 49.1. The molecule has 29 heteroatoms. The van der Waals surface area contributed by atoms with Crippen LogP contribution in [-0.4, -0.2) is 208 Å². The summed E-state index contributed by atoms with van der Waals surface area (Å²) in [7, 11) is 9.22. The molecule has 6 aliphatic rings. The zero-order valence-corrected chi connectivity index (χ0v) is 63.5. The minimum Gasteiger partial charge on any atom is -1.00 e. The van der Waals surface area contributed by atoms with Crippen LogP contribution in [-0.2, 0) is 19.2 Å². The van der Waals surface area contributed by atoms with Gasteiger partial charge in [0.25, 0.3) is 11.8 Å². The SMILES string of the molecule is COc1ncc(NC(=O)C(=O)N2C[C@@H](C)CC[C@@H]2c2ccc3nn(C4CCN(C)CC4)cc3c2)cc1C(N)=O.COc1ncc(NC(=O)C(=O)O)cc1C(N)=O.C[C@H]1CCC(c2ccc3nn(C4CCN(C)CC4)cc3c2)=NC1.C[C@H]1CC[C@H](c2ccc3nn(C4CCN(C)CC4)cc3c2)NC1.[B].[H-].[Na+]. The number of nitrogens with two attached hydrogens (primary N) is 2. The predicted molar refractivity (Wildman–Crippen MR) is 399 cm³/mol. The summed E-state index contributed by atoms with van der Waals surface area (Å²) in [4.78, 5) is 91.7. The molecule has 5 fully saturated rings. The Hall–Kier alpha value is -8.64. The number of likely N-dealkylation sites (tertiary alicyclic amines) is 4. The number of fused-ring (bicyclic) bond motifs is 3. The molecular weight excluding hydrogens is 1330 g/mol. The zero-order chi connectivity index (χ0) is 72.3. The van der Waals surface area contributed by atoms with Crippen LogP contribution in [0.2, 0.25) is 0 Å². The molecule has 5 aromatic heterocycles. The van der Waals surface area contributed by atoms with Gasteiger partial charge in [0, 0.05) is 68.0 Å².